The van der Waals surface area contributed by atoms with Gasteiger partial charge in [-0.15, -0.1) is 0 Å². The van der Waals surface area contributed by atoms with Crippen LogP contribution in [-0.2, 0) is 0 Å². The summed E-state index contributed by atoms with van der Waals surface area (Å²) in [5.74, 6) is 0.138. The van der Waals surface area contributed by atoms with Gasteiger partial charge in [-0.25, -0.2) is 4.39 Å². The van der Waals surface area contributed by atoms with E-state index in [0.29, 0.717) is 22.4 Å². The third-order valence-corrected chi connectivity index (χ3v) is 2.97. The number of ketones is 1. The quantitative estimate of drug-likeness (QED) is 0.774. The van der Waals surface area contributed by atoms with Gasteiger partial charge in [-0.05, 0) is 63.6 Å². The van der Waals surface area contributed by atoms with Crippen LogP contribution >= 0.6 is 0 Å². The largest absolute Gasteiger partial charge is 0.488 e. The molecule has 0 atom stereocenters. The number of benzene rings is 2. The fraction of sp³-hybridized carbons (Fsp3) is 0.278. The van der Waals surface area contributed by atoms with Gasteiger partial charge in [0.05, 0.1) is 0 Å². The van der Waals surface area contributed by atoms with Crippen molar-refractivity contribution < 1.29 is 13.9 Å². The van der Waals surface area contributed by atoms with Crippen molar-refractivity contribution in [3.63, 3.8) is 0 Å². The lowest BCUT2D eigenvalue weighted by atomic mass is 10.0. The van der Waals surface area contributed by atoms with Crippen molar-refractivity contribution in [3.8, 4) is 5.75 Å². The van der Waals surface area contributed by atoms with Gasteiger partial charge in [-0.3, -0.25) is 4.79 Å². The van der Waals surface area contributed by atoms with Crippen molar-refractivity contribution >= 4 is 5.78 Å². The number of hydrogen-bond donors (Lipinski definition) is 0. The molecule has 0 radical (unpaired) electrons. The average Bonchev–Trinajstić information content (AvgIpc) is 2.40. The smallest absolute Gasteiger partial charge is 0.193 e. The van der Waals surface area contributed by atoms with Gasteiger partial charge in [0.25, 0.3) is 0 Å². The molecule has 0 amide bonds. The molecule has 0 aliphatic carbocycles. The Morgan fingerprint density at radius 1 is 1.00 bits per heavy atom. The van der Waals surface area contributed by atoms with Gasteiger partial charge in [0.2, 0.25) is 0 Å². The van der Waals surface area contributed by atoms with E-state index in [4.69, 9.17) is 4.74 Å². The minimum absolute atomic E-state index is 0.198. The number of halogens is 1. The highest BCUT2D eigenvalue weighted by molar-refractivity contribution is 6.09. The molecule has 0 aromatic heterocycles. The van der Waals surface area contributed by atoms with E-state index >= 15 is 0 Å². The highest BCUT2D eigenvalue weighted by atomic mass is 19.1. The Morgan fingerprint density at radius 3 is 2.10 bits per heavy atom. The summed E-state index contributed by atoms with van der Waals surface area (Å²) < 4.78 is 19.2. The summed E-state index contributed by atoms with van der Waals surface area (Å²) in [4.78, 5) is 12.3. The topological polar surface area (TPSA) is 26.3 Å². The zero-order valence-electron chi connectivity index (χ0n) is 12.7. The molecule has 110 valence electrons. The Labute approximate surface area is 124 Å². The van der Waals surface area contributed by atoms with Gasteiger partial charge in [0.1, 0.15) is 17.2 Å². The van der Waals surface area contributed by atoms with Crippen LogP contribution in [-0.4, -0.2) is 11.4 Å². The lowest BCUT2D eigenvalue weighted by molar-refractivity contribution is 0.103. The molecule has 2 aromatic carbocycles. The third-order valence-electron chi connectivity index (χ3n) is 2.97. The van der Waals surface area contributed by atoms with E-state index in [-0.39, 0.29) is 17.2 Å². The van der Waals surface area contributed by atoms with Gasteiger partial charge in [-0.1, -0.05) is 12.1 Å². The third kappa shape index (κ3) is 3.91. The van der Waals surface area contributed by atoms with Crippen molar-refractivity contribution in [2.45, 2.75) is 33.3 Å². The summed E-state index contributed by atoms with van der Waals surface area (Å²) in [7, 11) is 0. The first-order chi connectivity index (χ1) is 9.76. The molecule has 2 nitrogen and oxygen atoms in total. The molecular weight excluding hydrogens is 267 g/mol. The van der Waals surface area contributed by atoms with Crippen molar-refractivity contribution in [2.24, 2.45) is 0 Å². The van der Waals surface area contributed by atoms with E-state index in [0.717, 1.165) is 0 Å². The summed E-state index contributed by atoms with van der Waals surface area (Å²) >= 11 is 0. The van der Waals surface area contributed by atoms with Crippen LogP contribution in [0.25, 0.3) is 0 Å². The van der Waals surface area contributed by atoms with Crippen LogP contribution in [0.15, 0.2) is 42.5 Å². The molecule has 0 unspecified atom stereocenters. The van der Waals surface area contributed by atoms with E-state index in [1.807, 2.05) is 20.8 Å². The molecule has 0 saturated heterocycles. The Balaban J connectivity index is 2.22. The Hall–Kier alpha value is -2.16. The summed E-state index contributed by atoms with van der Waals surface area (Å²) in [6.45, 7) is 7.55. The monoisotopic (exact) mass is 286 g/mol. The second kappa shape index (κ2) is 5.68. The molecule has 0 bridgehead atoms. The van der Waals surface area contributed by atoms with Gasteiger partial charge < -0.3 is 4.74 Å². The Bertz CT molecular complexity index is 652. The first-order valence-corrected chi connectivity index (χ1v) is 6.86. The number of rotatable bonds is 3. The zero-order chi connectivity index (χ0) is 15.6. The van der Waals surface area contributed by atoms with E-state index < -0.39 is 0 Å². The molecule has 0 fully saturated rings. The van der Waals surface area contributed by atoms with Crippen LogP contribution < -0.4 is 4.74 Å². The van der Waals surface area contributed by atoms with Gasteiger partial charge >= 0.3 is 0 Å². The highest BCUT2D eigenvalue weighted by Gasteiger charge is 2.14. The fourth-order valence-electron chi connectivity index (χ4n) is 1.93. The van der Waals surface area contributed by atoms with Crippen LogP contribution in [0.3, 0.4) is 0 Å². The van der Waals surface area contributed by atoms with E-state index in [9.17, 15) is 9.18 Å². The predicted octanol–water partition coefficient (Wildman–Crippen LogP) is 4.54. The van der Waals surface area contributed by atoms with Crippen molar-refractivity contribution in [1.29, 1.82) is 0 Å². The SMILES string of the molecule is Cc1ccc(C(=O)c2ccc(OC(C)(C)C)cc2)cc1F. The molecule has 21 heavy (non-hydrogen) atoms. The fourth-order valence-corrected chi connectivity index (χ4v) is 1.93. The summed E-state index contributed by atoms with van der Waals surface area (Å²) in [6.07, 6.45) is 0. The van der Waals surface area contributed by atoms with E-state index in [1.54, 1.807) is 43.3 Å². The maximum absolute atomic E-state index is 13.5. The van der Waals surface area contributed by atoms with Gasteiger partial charge in [0.15, 0.2) is 5.78 Å². The normalized spacial score (nSPS) is 11.3. The number of carbonyl (C=O) groups excluding carboxylic acids is 1. The minimum Gasteiger partial charge on any atom is -0.488 e. The zero-order valence-corrected chi connectivity index (χ0v) is 12.7. The minimum atomic E-state index is -0.367. The number of carbonyl (C=O) groups is 1. The predicted molar refractivity (Wildman–Crippen MR) is 81.4 cm³/mol. The molecular formula is C18H19FO2. The highest BCUT2D eigenvalue weighted by Crippen LogP contribution is 2.20. The van der Waals surface area contributed by atoms with Crippen LogP contribution in [0.5, 0.6) is 5.75 Å². The Morgan fingerprint density at radius 2 is 1.57 bits per heavy atom. The summed E-state index contributed by atoms with van der Waals surface area (Å²) in [5.41, 5.74) is 1.11. The molecule has 3 heteroatoms. The molecule has 0 aliphatic rings. The first-order valence-electron chi connectivity index (χ1n) is 6.86. The second-order valence-electron chi connectivity index (χ2n) is 6.03. The molecule has 0 saturated carbocycles. The van der Waals surface area contributed by atoms with Crippen molar-refractivity contribution in [1.82, 2.24) is 0 Å². The molecule has 2 rings (SSSR count). The Kier molecular flexibility index (Phi) is 4.12. The van der Waals surface area contributed by atoms with Crippen LogP contribution in [0.2, 0.25) is 0 Å². The lowest BCUT2D eigenvalue weighted by Crippen LogP contribution is -2.22. The van der Waals surface area contributed by atoms with Gasteiger partial charge in [0, 0.05) is 11.1 Å². The van der Waals surface area contributed by atoms with Crippen LogP contribution in [0.1, 0.15) is 42.3 Å². The average molecular weight is 286 g/mol. The summed E-state index contributed by atoms with van der Waals surface area (Å²) in [6, 6.07) is 11.4. The number of hydrogen-bond acceptors (Lipinski definition) is 2. The maximum atomic E-state index is 13.5. The van der Waals surface area contributed by atoms with Gasteiger partial charge in [-0.2, -0.15) is 0 Å². The van der Waals surface area contributed by atoms with Crippen LogP contribution in [0, 0.1) is 12.7 Å². The van der Waals surface area contributed by atoms with Crippen LogP contribution in [0.4, 0.5) is 4.39 Å². The standard InChI is InChI=1S/C18H19FO2/c1-12-5-6-14(11-16(12)19)17(20)13-7-9-15(10-8-13)21-18(2,3)4/h5-11H,1-4H3. The second-order valence-corrected chi connectivity index (χ2v) is 6.03. The number of aryl methyl sites for hydroxylation is 1. The maximum Gasteiger partial charge on any atom is 0.193 e. The van der Waals surface area contributed by atoms with Crippen molar-refractivity contribution in [2.75, 3.05) is 0 Å². The summed E-state index contributed by atoms with van der Waals surface area (Å²) in [5, 5.41) is 0. The van der Waals surface area contributed by atoms with E-state index in [2.05, 4.69) is 0 Å². The lowest BCUT2D eigenvalue weighted by Gasteiger charge is -2.21. The molecule has 0 heterocycles. The number of ether oxygens (including phenoxy) is 1. The first kappa shape index (κ1) is 15.2. The molecule has 0 N–H and O–H groups in total. The molecule has 0 aliphatic heterocycles. The van der Waals surface area contributed by atoms with Crippen molar-refractivity contribution in [3.05, 3.63) is 65.0 Å². The molecule has 0 spiro atoms. The molecule has 2 aromatic rings. The van der Waals surface area contributed by atoms with E-state index in [1.165, 1.54) is 6.07 Å².